The van der Waals surface area contributed by atoms with Crippen LogP contribution < -0.4 is 5.73 Å². The fourth-order valence-corrected chi connectivity index (χ4v) is 1.26. The molecule has 0 saturated heterocycles. The Hall–Kier alpha value is -1.51. The van der Waals surface area contributed by atoms with E-state index in [1.54, 1.807) is 12.1 Å². The van der Waals surface area contributed by atoms with Crippen LogP contribution in [0.5, 0.6) is 0 Å². The van der Waals surface area contributed by atoms with Crippen LogP contribution in [0, 0.1) is 12.8 Å². The third-order valence-electron chi connectivity index (χ3n) is 2.62. The quantitative estimate of drug-likeness (QED) is 0.628. The highest BCUT2D eigenvalue weighted by Gasteiger charge is 2.12. The van der Waals surface area contributed by atoms with Crippen LogP contribution in [-0.2, 0) is 4.74 Å². The van der Waals surface area contributed by atoms with Crippen LogP contribution in [0.4, 0.5) is 5.69 Å². The largest absolute Gasteiger partial charge is 0.462 e. The molecule has 0 heterocycles. The molecular formula is C13H19NO2. The zero-order valence-electron chi connectivity index (χ0n) is 10.1. The summed E-state index contributed by atoms with van der Waals surface area (Å²) in [6.45, 7) is 6.49. The molecule has 3 heteroatoms. The number of aryl methyl sites for hydroxylation is 1. The van der Waals surface area contributed by atoms with Gasteiger partial charge in [0.15, 0.2) is 0 Å². The first-order valence-corrected chi connectivity index (χ1v) is 5.57. The van der Waals surface area contributed by atoms with Crippen molar-refractivity contribution in [2.75, 3.05) is 12.3 Å². The van der Waals surface area contributed by atoms with Gasteiger partial charge < -0.3 is 10.5 Å². The Morgan fingerprint density at radius 3 is 2.81 bits per heavy atom. The number of benzene rings is 1. The molecule has 2 N–H and O–H groups in total. The topological polar surface area (TPSA) is 52.3 Å². The van der Waals surface area contributed by atoms with E-state index in [1.807, 2.05) is 19.9 Å². The van der Waals surface area contributed by atoms with Crippen LogP contribution in [0.25, 0.3) is 0 Å². The van der Waals surface area contributed by atoms with E-state index in [4.69, 9.17) is 10.5 Å². The van der Waals surface area contributed by atoms with Crippen molar-refractivity contribution in [1.29, 1.82) is 0 Å². The van der Waals surface area contributed by atoms with Crippen molar-refractivity contribution < 1.29 is 9.53 Å². The van der Waals surface area contributed by atoms with Gasteiger partial charge >= 0.3 is 5.97 Å². The van der Waals surface area contributed by atoms with E-state index in [0.29, 0.717) is 23.8 Å². The third kappa shape index (κ3) is 3.26. The second-order valence-corrected chi connectivity index (χ2v) is 4.20. The number of hydrogen-bond donors (Lipinski definition) is 1. The highest BCUT2D eigenvalue weighted by molar-refractivity contribution is 5.95. The van der Waals surface area contributed by atoms with Crippen molar-refractivity contribution in [2.24, 2.45) is 5.92 Å². The number of ether oxygens (including phenoxy) is 1. The van der Waals surface area contributed by atoms with Crippen molar-refractivity contribution in [3.63, 3.8) is 0 Å². The number of nitrogen functional groups attached to an aromatic ring is 1. The minimum atomic E-state index is -0.332. The number of carbonyl (C=O) groups is 1. The highest BCUT2D eigenvalue weighted by atomic mass is 16.5. The number of esters is 1. The minimum absolute atomic E-state index is 0.332. The maximum atomic E-state index is 11.7. The van der Waals surface area contributed by atoms with Crippen LogP contribution in [0.2, 0.25) is 0 Å². The number of anilines is 1. The summed E-state index contributed by atoms with van der Waals surface area (Å²) in [7, 11) is 0. The molecular weight excluding hydrogens is 202 g/mol. The van der Waals surface area contributed by atoms with Crippen molar-refractivity contribution in [1.82, 2.24) is 0 Å². The summed E-state index contributed by atoms with van der Waals surface area (Å²) in [5.74, 6) is 0.0523. The maximum Gasteiger partial charge on any atom is 0.340 e. The molecule has 1 unspecified atom stereocenters. The third-order valence-corrected chi connectivity index (χ3v) is 2.62. The summed E-state index contributed by atoms with van der Waals surface area (Å²) in [5.41, 5.74) is 7.67. The van der Waals surface area contributed by atoms with Gasteiger partial charge in [0.25, 0.3) is 0 Å². The summed E-state index contributed by atoms with van der Waals surface area (Å²) in [5, 5.41) is 0. The van der Waals surface area contributed by atoms with Gasteiger partial charge in [-0.25, -0.2) is 4.79 Å². The molecule has 0 radical (unpaired) electrons. The standard InChI is InChI=1S/C13H19NO2/c1-4-9(2)8-16-13(15)11-7-10(3)5-6-12(11)14/h5-7,9H,4,8,14H2,1-3H3. The molecule has 0 amide bonds. The molecule has 0 saturated carbocycles. The molecule has 1 atom stereocenters. The minimum Gasteiger partial charge on any atom is -0.462 e. The molecule has 1 aromatic carbocycles. The molecule has 0 bridgehead atoms. The number of rotatable bonds is 4. The van der Waals surface area contributed by atoms with E-state index < -0.39 is 0 Å². The summed E-state index contributed by atoms with van der Waals surface area (Å²) >= 11 is 0. The van der Waals surface area contributed by atoms with E-state index in [-0.39, 0.29) is 5.97 Å². The molecule has 0 aliphatic rings. The monoisotopic (exact) mass is 221 g/mol. The van der Waals surface area contributed by atoms with E-state index in [9.17, 15) is 4.79 Å². The average Bonchev–Trinajstić information content (AvgIpc) is 2.28. The zero-order chi connectivity index (χ0) is 12.1. The van der Waals surface area contributed by atoms with Gasteiger partial charge in [-0.15, -0.1) is 0 Å². The Labute approximate surface area is 96.6 Å². The van der Waals surface area contributed by atoms with Gasteiger partial charge in [0.2, 0.25) is 0 Å². The lowest BCUT2D eigenvalue weighted by Gasteiger charge is -2.11. The van der Waals surface area contributed by atoms with Crippen LogP contribution in [0.3, 0.4) is 0 Å². The fraction of sp³-hybridized carbons (Fsp3) is 0.462. The van der Waals surface area contributed by atoms with E-state index in [2.05, 4.69) is 6.92 Å². The first-order chi connectivity index (χ1) is 7.54. The summed E-state index contributed by atoms with van der Waals surface area (Å²) in [6, 6.07) is 5.37. The highest BCUT2D eigenvalue weighted by Crippen LogP contribution is 2.15. The molecule has 1 rings (SSSR count). The van der Waals surface area contributed by atoms with Gasteiger partial charge in [-0.05, 0) is 25.0 Å². The van der Waals surface area contributed by atoms with E-state index in [0.717, 1.165) is 12.0 Å². The fourth-order valence-electron chi connectivity index (χ4n) is 1.26. The van der Waals surface area contributed by atoms with Crippen molar-refractivity contribution in [3.8, 4) is 0 Å². The molecule has 16 heavy (non-hydrogen) atoms. The first-order valence-electron chi connectivity index (χ1n) is 5.57. The normalized spacial score (nSPS) is 12.2. The predicted octanol–water partition coefficient (Wildman–Crippen LogP) is 2.78. The predicted molar refractivity (Wildman–Crippen MR) is 65.3 cm³/mol. The number of nitrogens with two attached hydrogens (primary N) is 1. The summed E-state index contributed by atoms with van der Waals surface area (Å²) in [4.78, 5) is 11.7. The average molecular weight is 221 g/mol. The van der Waals surface area contributed by atoms with Gasteiger partial charge in [0.1, 0.15) is 0 Å². The lowest BCUT2D eigenvalue weighted by Crippen LogP contribution is -2.13. The summed E-state index contributed by atoms with van der Waals surface area (Å²) < 4.78 is 5.20. The van der Waals surface area contributed by atoms with Gasteiger partial charge in [-0.3, -0.25) is 0 Å². The van der Waals surface area contributed by atoms with Crippen LogP contribution >= 0.6 is 0 Å². The lowest BCUT2D eigenvalue weighted by molar-refractivity contribution is 0.0448. The second-order valence-electron chi connectivity index (χ2n) is 4.20. The Bertz CT molecular complexity index is 374. The van der Waals surface area contributed by atoms with Crippen molar-refractivity contribution in [2.45, 2.75) is 27.2 Å². The van der Waals surface area contributed by atoms with Crippen molar-refractivity contribution in [3.05, 3.63) is 29.3 Å². The van der Waals surface area contributed by atoms with Gasteiger partial charge in [0, 0.05) is 5.69 Å². The molecule has 3 nitrogen and oxygen atoms in total. The molecule has 88 valence electrons. The Morgan fingerprint density at radius 2 is 2.19 bits per heavy atom. The van der Waals surface area contributed by atoms with Crippen LogP contribution in [-0.4, -0.2) is 12.6 Å². The van der Waals surface area contributed by atoms with Gasteiger partial charge in [0.05, 0.1) is 12.2 Å². The smallest absolute Gasteiger partial charge is 0.340 e. The lowest BCUT2D eigenvalue weighted by atomic mass is 10.1. The zero-order valence-corrected chi connectivity index (χ0v) is 10.1. The Balaban J connectivity index is 2.69. The van der Waals surface area contributed by atoms with Crippen molar-refractivity contribution >= 4 is 11.7 Å². The van der Waals surface area contributed by atoms with Gasteiger partial charge in [-0.1, -0.05) is 31.9 Å². The molecule has 0 fully saturated rings. The van der Waals surface area contributed by atoms with Crippen LogP contribution in [0.15, 0.2) is 18.2 Å². The molecule has 0 aliphatic heterocycles. The number of hydrogen-bond acceptors (Lipinski definition) is 3. The maximum absolute atomic E-state index is 11.7. The van der Waals surface area contributed by atoms with Gasteiger partial charge in [-0.2, -0.15) is 0 Å². The molecule has 0 aromatic heterocycles. The SMILES string of the molecule is CCC(C)COC(=O)c1cc(C)ccc1N. The Kier molecular flexibility index (Phi) is 4.35. The molecule has 1 aromatic rings. The van der Waals surface area contributed by atoms with E-state index in [1.165, 1.54) is 0 Å². The molecule has 0 spiro atoms. The first kappa shape index (κ1) is 12.6. The molecule has 0 aliphatic carbocycles. The van der Waals surface area contributed by atoms with Crippen LogP contribution in [0.1, 0.15) is 36.2 Å². The van der Waals surface area contributed by atoms with E-state index >= 15 is 0 Å². The number of carbonyl (C=O) groups excluding carboxylic acids is 1. The Morgan fingerprint density at radius 1 is 1.50 bits per heavy atom. The summed E-state index contributed by atoms with van der Waals surface area (Å²) in [6.07, 6.45) is 0.997. The second kappa shape index (κ2) is 5.54.